The maximum Gasteiger partial charge on any atom is 0.323 e. The molecular weight excluding hydrogens is 397 g/mol. The highest BCUT2D eigenvalue weighted by Crippen LogP contribution is 2.31. The smallest absolute Gasteiger partial charge is 0.323 e. The van der Waals surface area contributed by atoms with Gasteiger partial charge in [-0.1, -0.05) is 24.3 Å². The molecule has 0 aromatic heterocycles. The summed E-state index contributed by atoms with van der Waals surface area (Å²) in [6.07, 6.45) is 1.94. The molecule has 1 aliphatic rings. The summed E-state index contributed by atoms with van der Waals surface area (Å²) in [6.45, 7) is 1.53. The number of halogens is 1. The summed E-state index contributed by atoms with van der Waals surface area (Å²) in [4.78, 5) is 12.5. The third kappa shape index (κ3) is 5.73. The van der Waals surface area contributed by atoms with E-state index in [4.69, 9.17) is 9.47 Å². The van der Waals surface area contributed by atoms with E-state index in [9.17, 15) is 9.18 Å². The second kappa shape index (κ2) is 9.95. The quantitative estimate of drug-likeness (QED) is 0.467. The van der Waals surface area contributed by atoms with Crippen molar-refractivity contribution >= 4 is 23.1 Å². The van der Waals surface area contributed by atoms with Crippen molar-refractivity contribution in [1.82, 2.24) is 0 Å². The van der Waals surface area contributed by atoms with Crippen LogP contribution in [0.1, 0.15) is 12.8 Å². The molecule has 1 heterocycles. The van der Waals surface area contributed by atoms with Crippen LogP contribution >= 0.6 is 0 Å². The number of urea groups is 1. The first-order valence-electron chi connectivity index (χ1n) is 10.2. The summed E-state index contributed by atoms with van der Waals surface area (Å²) in [5.41, 5.74) is 1.55. The summed E-state index contributed by atoms with van der Waals surface area (Å²) < 4.78 is 25.5. The molecule has 3 N–H and O–H groups in total. The fourth-order valence-corrected chi connectivity index (χ4v) is 3.33. The van der Waals surface area contributed by atoms with Crippen molar-refractivity contribution in [1.29, 1.82) is 0 Å². The second-order valence-electron chi connectivity index (χ2n) is 7.22. The largest absolute Gasteiger partial charge is 0.455 e. The molecule has 3 aromatic carbocycles. The van der Waals surface area contributed by atoms with Gasteiger partial charge in [-0.05, 0) is 61.4 Å². The van der Waals surface area contributed by atoms with Crippen molar-refractivity contribution in [2.75, 3.05) is 29.2 Å². The molecule has 4 rings (SSSR count). The molecule has 2 amide bonds. The first-order valence-corrected chi connectivity index (χ1v) is 10.2. The second-order valence-corrected chi connectivity index (χ2v) is 7.22. The summed E-state index contributed by atoms with van der Waals surface area (Å²) in [5.74, 6) is 0.182. The standard InChI is InChI=1S/C24H24FN3O3/c25-21-7-4-8-22(31-20-5-2-1-3-6-20)23(21)28-24(29)27-18-11-9-17(10-12-18)26-19-13-15-30-16-14-19/h1-12,19,26H,13-16H2,(H2,27,28,29). The molecule has 0 radical (unpaired) electrons. The molecule has 1 fully saturated rings. The SMILES string of the molecule is O=C(Nc1ccc(NC2CCOCC2)cc1)Nc1c(F)cccc1Oc1ccccc1. The number of benzene rings is 3. The van der Waals surface area contributed by atoms with Gasteiger partial charge in [0.15, 0.2) is 11.6 Å². The highest BCUT2D eigenvalue weighted by molar-refractivity contribution is 6.00. The molecule has 160 valence electrons. The lowest BCUT2D eigenvalue weighted by Gasteiger charge is -2.24. The van der Waals surface area contributed by atoms with E-state index in [1.165, 1.54) is 12.1 Å². The van der Waals surface area contributed by atoms with Gasteiger partial charge in [0.05, 0.1) is 0 Å². The fourth-order valence-electron chi connectivity index (χ4n) is 3.33. The lowest BCUT2D eigenvalue weighted by molar-refractivity contribution is 0.0904. The molecule has 7 heteroatoms. The number of hydrogen-bond donors (Lipinski definition) is 3. The zero-order valence-corrected chi connectivity index (χ0v) is 16.9. The van der Waals surface area contributed by atoms with E-state index >= 15 is 0 Å². The third-order valence-corrected chi connectivity index (χ3v) is 4.92. The van der Waals surface area contributed by atoms with Crippen LogP contribution in [-0.4, -0.2) is 25.3 Å². The topological polar surface area (TPSA) is 71.6 Å². The van der Waals surface area contributed by atoms with E-state index in [1.54, 1.807) is 30.3 Å². The molecule has 6 nitrogen and oxygen atoms in total. The summed E-state index contributed by atoms with van der Waals surface area (Å²) in [7, 11) is 0. The van der Waals surface area contributed by atoms with Crippen LogP contribution in [0.5, 0.6) is 11.5 Å². The van der Waals surface area contributed by atoms with Gasteiger partial charge >= 0.3 is 6.03 Å². The van der Waals surface area contributed by atoms with Gasteiger partial charge in [0.25, 0.3) is 0 Å². The first kappa shape index (κ1) is 20.7. The lowest BCUT2D eigenvalue weighted by Crippen LogP contribution is -2.27. The van der Waals surface area contributed by atoms with Crippen LogP contribution in [0.15, 0.2) is 72.8 Å². The number of anilines is 3. The molecule has 0 atom stereocenters. The van der Waals surface area contributed by atoms with Gasteiger partial charge in [0.1, 0.15) is 11.4 Å². The van der Waals surface area contributed by atoms with E-state index in [-0.39, 0.29) is 11.4 Å². The van der Waals surface area contributed by atoms with Crippen molar-refractivity contribution in [3.63, 3.8) is 0 Å². The predicted octanol–water partition coefficient (Wildman–Crippen LogP) is 5.85. The van der Waals surface area contributed by atoms with Crippen LogP contribution in [0.3, 0.4) is 0 Å². The fraction of sp³-hybridized carbons (Fsp3) is 0.208. The Labute approximate surface area is 180 Å². The number of ether oxygens (including phenoxy) is 2. The Kier molecular flexibility index (Phi) is 6.64. The minimum Gasteiger partial charge on any atom is -0.455 e. The van der Waals surface area contributed by atoms with E-state index in [1.807, 2.05) is 30.3 Å². The monoisotopic (exact) mass is 421 g/mol. The Morgan fingerprint density at radius 2 is 1.58 bits per heavy atom. The minimum atomic E-state index is -0.584. The average molecular weight is 421 g/mol. The molecule has 1 aliphatic heterocycles. The maximum atomic E-state index is 14.4. The van der Waals surface area contributed by atoms with Gasteiger partial charge in [0, 0.05) is 30.6 Å². The molecule has 0 aliphatic carbocycles. The average Bonchev–Trinajstić information content (AvgIpc) is 2.79. The van der Waals surface area contributed by atoms with Crippen LogP contribution < -0.4 is 20.7 Å². The number of amides is 2. The van der Waals surface area contributed by atoms with E-state index in [0.29, 0.717) is 17.5 Å². The van der Waals surface area contributed by atoms with Crippen LogP contribution in [0.4, 0.5) is 26.2 Å². The molecular formula is C24H24FN3O3. The number of para-hydroxylation sites is 2. The summed E-state index contributed by atoms with van der Waals surface area (Å²) >= 11 is 0. The highest BCUT2D eigenvalue weighted by Gasteiger charge is 2.15. The molecule has 0 unspecified atom stereocenters. The van der Waals surface area contributed by atoms with Gasteiger partial charge in [-0.3, -0.25) is 0 Å². The Hall–Kier alpha value is -3.58. The Morgan fingerprint density at radius 1 is 0.871 bits per heavy atom. The number of rotatable bonds is 6. The predicted molar refractivity (Wildman–Crippen MR) is 119 cm³/mol. The van der Waals surface area contributed by atoms with Crippen LogP contribution in [0.2, 0.25) is 0 Å². The van der Waals surface area contributed by atoms with E-state index in [2.05, 4.69) is 16.0 Å². The lowest BCUT2D eigenvalue weighted by atomic mass is 10.1. The highest BCUT2D eigenvalue weighted by atomic mass is 19.1. The van der Waals surface area contributed by atoms with Crippen molar-refractivity contribution in [3.05, 3.63) is 78.6 Å². The number of nitrogens with one attached hydrogen (secondary N) is 3. The molecule has 0 bridgehead atoms. The molecule has 0 saturated carbocycles. The number of carbonyl (C=O) groups is 1. The van der Waals surface area contributed by atoms with Gasteiger partial charge in [0.2, 0.25) is 0 Å². The normalized spacial score (nSPS) is 14.0. The maximum absolute atomic E-state index is 14.4. The van der Waals surface area contributed by atoms with Crippen molar-refractivity contribution in [2.45, 2.75) is 18.9 Å². The Morgan fingerprint density at radius 3 is 2.32 bits per heavy atom. The first-order chi connectivity index (χ1) is 15.2. The Balaban J connectivity index is 1.38. The Bertz CT molecular complexity index is 1010. The van der Waals surface area contributed by atoms with E-state index in [0.717, 1.165) is 31.7 Å². The zero-order chi connectivity index (χ0) is 21.5. The van der Waals surface area contributed by atoms with Crippen LogP contribution in [0.25, 0.3) is 0 Å². The summed E-state index contributed by atoms with van der Waals surface area (Å²) in [6, 6.07) is 20.6. The van der Waals surface area contributed by atoms with Crippen LogP contribution in [0, 0.1) is 5.82 Å². The van der Waals surface area contributed by atoms with Gasteiger partial charge < -0.3 is 25.4 Å². The molecule has 0 spiro atoms. The van der Waals surface area contributed by atoms with Gasteiger partial charge in [-0.2, -0.15) is 0 Å². The molecule has 1 saturated heterocycles. The zero-order valence-electron chi connectivity index (χ0n) is 16.9. The molecule has 31 heavy (non-hydrogen) atoms. The van der Waals surface area contributed by atoms with Crippen molar-refractivity contribution in [2.24, 2.45) is 0 Å². The molecule has 3 aromatic rings. The van der Waals surface area contributed by atoms with Crippen molar-refractivity contribution in [3.8, 4) is 11.5 Å². The minimum absolute atomic E-state index is 0.0262. The number of hydrogen-bond acceptors (Lipinski definition) is 4. The third-order valence-electron chi connectivity index (χ3n) is 4.92. The van der Waals surface area contributed by atoms with E-state index < -0.39 is 11.8 Å². The van der Waals surface area contributed by atoms with Gasteiger partial charge in [-0.25, -0.2) is 9.18 Å². The number of carbonyl (C=O) groups excluding carboxylic acids is 1. The van der Waals surface area contributed by atoms with Crippen LogP contribution in [-0.2, 0) is 4.74 Å². The van der Waals surface area contributed by atoms with Crippen molar-refractivity contribution < 1.29 is 18.7 Å². The van der Waals surface area contributed by atoms with Gasteiger partial charge in [-0.15, -0.1) is 0 Å². The summed E-state index contributed by atoms with van der Waals surface area (Å²) in [5, 5.41) is 8.73.